The van der Waals surface area contributed by atoms with Crippen molar-refractivity contribution in [2.24, 2.45) is 11.8 Å². The highest BCUT2D eigenvalue weighted by Gasteiger charge is 2.67. The fraction of sp³-hybridized carbons (Fsp3) is 0.478. The molecule has 4 atom stereocenters. The maximum Gasteiger partial charge on any atom is 0.230 e. The van der Waals surface area contributed by atoms with Gasteiger partial charge in [-0.3, -0.25) is 9.59 Å². The molecule has 6 nitrogen and oxygen atoms in total. The molecule has 5 rings (SSSR count). The van der Waals surface area contributed by atoms with Crippen LogP contribution >= 0.6 is 0 Å². The smallest absolute Gasteiger partial charge is 0.230 e. The molecule has 0 radical (unpaired) electrons. The van der Waals surface area contributed by atoms with Crippen LogP contribution in [0.25, 0.3) is 0 Å². The lowest BCUT2D eigenvalue weighted by molar-refractivity contribution is -0.143. The SMILES string of the molecule is COc1cccc(CN2C[C@@]34C=C[C@@H](O3)C(C(=O)N3CC=C(C)CC3)C4C2=O)c1. The number of methoxy groups -OCH3 is 1. The van der Waals surface area contributed by atoms with E-state index in [4.69, 9.17) is 9.47 Å². The highest BCUT2D eigenvalue weighted by Crippen LogP contribution is 2.52. The number of carbonyl (C=O) groups is 2. The van der Waals surface area contributed by atoms with Gasteiger partial charge in [0.1, 0.15) is 11.4 Å². The second-order valence-corrected chi connectivity index (χ2v) is 8.53. The van der Waals surface area contributed by atoms with Gasteiger partial charge in [-0.15, -0.1) is 0 Å². The third-order valence-electron chi connectivity index (χ3n) is 6.72. The van der Waals surface area contributed by atoms with E-state index in [2.05, 4.69) is 13.0 Å². The molecule has 0 aliphatic carbocycles. The topological polar surface area (TPSA) is 59.1 Å². The van der Waals surface area contributed by atoms with Crippen molar-refractivity contribution < 1.29 is 19.1 Å². The van der Waals surface area contributed by atoms with Crippen LogP contribution in [-0.4, -0.2) is 60.1 Å². The van der Waals surface area contributed by atoms with Crippen molar-refractivity contribution >= 4 is 11.8 Å². The van der Waals surface area contributed by atoms with E-state index in [0.29, 0.717) is 19.6 Å². The first-order valence-corrected chi connectivity index (χ1v) is 10.2. The molecule has 152 valence electrons. The van der Waals surface area contributed by atoms with E-state index in [1.807, 2.05) is 46.2 Å². The maximum absolute atomic E-state index is 13.4. The van der Waals surface area contributed by atoms with E-state index in [0.717, 1.165) is 24.3 Å². The van der Waals surface area contributed by atoms with Crippen LogP contribution in [0.2, 0.25) is 0 Å². The van der Waals surface area contributed by atoms with Gasteiger partial charge in [-0.05, 0) is 31.0 Å². The first-order chi connectivity index (χ1) is 14.0. The van der Waals surface area contributed by atoms with E-state index < -0.39 is 17.4 Å². The number of amides is 2. The minimum absolute atomic E-state index is 0.0155. The molecular weight excluding hydrogens is 368 g/mol. The van der Waals surface area contributed by atoms with E-state index in [1.54, 1.807) is 7.11 Å². The Kier molecular flexibility index (Phi) is 4.28. The standard InChI is InChI=1S/C23H26N2O4/c1-15-7-10-24(11-8-15)21(26)19-18-6-9-23(29-18)14-25(22(27)20(19)23)13-16-4-3-5-17(12-16)28-2/h3-7,9,12,18-20H,8,10-11,13-14H2,1-2H3/t18-,19?,20?,23-/m1/s1. The van der Waals surface area contributed by atoms with Gasteiger partial charge in [-0.25, -0.2) is 0 Å². The summed E-state index contributed by atoms with van der Waals surface area (Å²) in [5.41, 5.74) is 1.66. The van der Waals surface area contributed by atoms with Crippen LogP contribution in [0.3, 0.4) is 0 Å². The number of ether oxygens (including phenoxy) is 2. The van der Waals surface area contributed by atoms with Gasteiger partial charge < -0.3 is 19.3 Å². The highest BCUT2D eigenvalue weighted by molar-refractivity contribution is 5.93. The molecule has 4 aliphatic rings. The molecule has 6 heteroatoms. The molecule has 0 N–H and O–H groups in total. The van der Waals surface area contributed by atoms with Gasteiger partial charge in [0.05, 0.1) is 31.6 Å². The molecule has 0 saturated carbocycles. The monoisotopic (exact) mass is 394 g/mol. The highest BCUT2D eigenvalue weighted by atomic mass is 16.5. The molecule has 1 aromatic rings. The predicted octanol–water partition coefficient (Wildman–Crippen LogP) is 2.16. The Labute approximate surface area is 170 Å². The lowest BCUT2D eigenvalue weighted by Crippen LogP contribution is -2.47. The van der Waals surface area contributed by atoms with E-state index in [1.165, 1.54) is 5.57 Å². The predicted molar refractivity (Wildman–Crippen MR) is 107 cm³/mol. The third-order valence-corrected chi connectivity index (χ3v) is 6.72. The molecule has 2 unspecified atom stereocenters. The quantitative estimate of drug-likeness (QED) is 0.735. The second-order valence-electron chi connectivity index (χ2n) is 8.53. The lowest BCUT2D eigenvalue weighted by Gasteiger charge is -2.31. The minimum atomic E-state index is -0.664. The molecule has 2 amide bonds. The summed E-state index contributed by atoms with van der Waals surface area (Å²) in [7, 11) is 1.63. The van der Waals surface area contributed by atoms with Crippen molar-refractivity contribution in [1.29, 1.82) is 0 Å². The van der Waals surface area contributed by atoms with Gasteiger partial charge in [0.2, 0.25) is 11.8 Å². The number of hydrogen-bond donors (Lipinski definition) is 0. The van der Waals surface area contributed by atoms with Crippen LogP contribution in [0.1, 0.15) is 18.9 Å². The molecule has 2 saturated heterocycles. The maximum atomic E-state index is 13.4. The molecule has 0 aromatic heterocycles. The van der Waals surface area contributed by atoms with Gasteiger partial charge in [-0.2, -0.15) is 0 Å². The lowest BCUT2D eigenvalue weighted by atomic mass is 9.76. The van der Waals surface area contributed by atoms with Gasteiger partial charge >= 0.3 is 0 Å². The molecule has 4 aliphatic heterocycles. The summed E-state index contributed by atoms with van der Waals surface area (Å²) in [6, 6.07) is 7.74. The Bertz CT molecular complexity index is 923. The van der Waals surface area contributed by atoms with Crippen molar-refractivity contribution in [2.75, 3.05) is 26.7 Å². The van der Waals surface area contributed by atoms with Crippen LogP contribution in [0.5, 0.6) is 5.75 Å². The Morgan fingerprint density at radius 3 is 3.00 bits per heavy atom. The number of fused-ring (bicyclic) bond motifs is 1. The average molecular weight is 394 g/mol. The van der Waals surface area contributed by atoms with Crippen LogP contribution in [0.4, 0.5) is 0 Å². The summed E-state index contributed by atoms with van der Waals surface area (Å²) in [5.74, 6) is -0.0170. The summed E-state index contributed by atoms with van der Waals surface area (Å²) in [5, 5.41) is 0. The van der Waals surface area contributed by atoms with E-state index >= 15 is 0 Å². The molecule has 4 heterocycles. The van der Waals surface area contributed by atoms with Crippen molar-refractivity contribution in [2.45, 2.75) is 31.6 Å². The van der Waals surface area contributed by atoms with Crippen molar-refractivity contribution in [3.63, 3.8) is 0 Å². The second kappa shape index (κ2) is 6.73. The van der Waals surface area contributed by atoms with Crippen LogP contribution in [0, 0.1) is 11.8 Å². The summed E-state index contributed by atoms with van der Waals surface area (Å²) in [6.07, 6.45) is 6.70. The van der Waals surface area contributed by atoms with E-state index in [9.17, 15) is 9.59 Å². The molecule has 1 aromatic carbocycles. The number of rotatable bonds is 4. The van der Waals surface area contributed by atoms with Crippen molar-refractivity contribution in [1.82, 2.24) is 9.80 Å². The summed E-state index contributed by atoms with van der Waals surface area (Å²) in [4.78, 5) is 30.4. The number of likely N-dealkylation sites (tertiary alicyclic amines) is 1. The summed E-state index contributed by atoms with van der Waals surface area (Å²) >= 11 is 0. The van der Waals surface area contributed by atoms with Gasteiger partial charge in [0.15, 0.2) is 0 Å². The normalized spacial score (nSPS) is 32.6. The number of benzene rings is 1. The van der Waals surface area contributed by atoms with Gasteiger partial charge in [0, 0.05) is 19.6 Å². The van der Waals surface area contributed by atoms with Crippen molar-refractivity contribution in [3.8, 4) is 5.75 Å². The number of hydrogen-bond acceptors (Lipinski definition) is 4. The zero-order valence-corrected chi connectivity index (χ0v) is 16.8. The fourth-order valence-corrected chi connectivity index (χ4v) is 5.17. The molecule has 2 bridgehead atoms. The Balaban J connectivity index is 1.38. The van der Waals surface area contributed by atoms with Gasteiger partial charge in [0.25, 0.3) is 0 Å². The summed E-state index contributed by atoms with van der Waals surface area (Å²) < 4.78 is 11.5. The third kappa shape index (κ3) is 2.89. The molecule has 1 spiro atoms. The Morgan fingerprint density at radius 2 is 2.24 bits per heavy atom. The molecule has 2 fully saturated rings. The minimum Gasteiger partial charge on any atom is -0.497 e. The summed E-state index contributed by atoms with van der Waals surface area (Å²) in [6.45, 7) is 4.41. The number of nitrogens with zero attached hydrogens (tertiary/aromatic N) is 2. The molecule has 29 heavy (non-hydrogen) atoms. The zero-order valence-electron chi connectivity index (χ0n) is 16.8. The zero-order chi connectivity index (χ0) is 20.2. The van der Waals surface area contributed by atoms with Crippen LogP contribution < -0.4 is 4.74 Å². The number of carbonyl (C=O) groups excluding carboxylic acids is 2. The van der Waals surface area contributed by atoms with Gasteiger partial charge in [-0.1, -0.05) is 35.9 Å². The van der Waals surface area contributed by atoms with Crippen LogP contribution in [-0.2, 0) is 20.9 Å². The fourth-order valence-electron chi connectivity index (χ4n) is 5.17. The van der Waals surface area contributed by atoms with Crippen molar-refractivity contribution in [3.05, 3.63) is 53.6 Å². The largest absolute Gasteiger partial charge is 0.497 e. The average Bonchev–Trinajstić information content (AvgIpc) is 3.36. The van der Waals surface area contributed by atoms with Crippen LogP contribution in [0.15, 0.2) is 48.1 Å². The van der Waals surface area contributed by atoms with E-state index in [-0.39, 0.29) is 17.9 Å². The first kappa shape index (κ1) is 18.4. The first-order valence-electron chi connectivity index (χ1n) is 10.2. The Morgan fingerprint density at radius 1 is 1.38 bits per heavy atom. The Hall–Kier alpha value is -2.60. The molecular formula is C23H26N2O4.